The molecule has 2 aliphatic heterocycles. The molecule has 0 radical (unpaired) electrons. The quantitative estimate of drug-likeness (QED) is 0.292. The largest absolute Gasteiger partial charge is 0.415 e. The molecular weight excluding hydrogens is 550 g/mol. The molecule has 0 saturated carbocycles. The second-order valence-corrected chi connectivity index (χ2v) is 11.7. The van der Waals surface area contributed by atoms with E-state index < -0.39 is 5.60 Å². The molecule has 6 rings (SSSR count). The van der Waals surface area contributed by atoms with Gasteiger partial charge in [0.15, 0.2) is 11.6 Å². The maximum atomic E-state index is 13.3. The van der Waals surface area contributed by atoms with Crippen molar-refractivity contribution in [3.8, 4) is 16.9 Å². The van der Waals surface area contributed by atoms with Crippen LogP contribution in [0.3, 0.4) is 0 Å². The molecule has 12 nitrogen and oxygen atoms in total. The molecule has 2 unspecified atom stereocenters. The molecule has 224 valence electrons. The Kier molecular flexibility index (Phi) is 7.72. The van der Waals surface area contributed by atoms with E-state index in [4.69, 9.17) is 9.47 Å². The van der Waals surface area contributed by atoms with E-state index in [1.807, 2.05) is 42.3 Å². The van der Waals surface area contributed by atoms with Crippen LogP contribution in [-0.2, 0) is 4.74 Å². The zero-order valence-corrected chi connectivity index (χ0v) is 24.4. The van der Waals surface area contributed by atoms with Crippen molar-refractivity contribution in [3.63, 3.8) is 0 Å². The number of carbonyl (C=O) groups is 2. The standard InChI is InChI=1S/C31H35N7O5/c1-19-11-25(26(15-32-19)43-30(40)38-22-5-4-6-23(38)17-42-16-22)20-9-10-37-24(12-20)13-28(36-37)35-27-8-7-21(14-33-27)29(39)34-18-31(2,3)41/h7-15,22-23,41H,4-6,16-18H2,1-3H3,(H,34,39)(H,33,35,36). The number of nitrogens with one attached hydrogen (secondary N) is 2. The Morgan fingerprint density at radius 2 is 1.86 bits per heavy atom. The van der Waals surface area contributed by atoms with Gasteiger partial charge in [-0.1, -0.05) is 0 Å². The van der Waals surface area contributed by atoms with Gasteiger partial charge in [0.05, 0.1) is 48.2 Å². The van der Waals surface area contributed by atoms with E-state index in [0.29, 0.717) is 36.2 Å². The van der Waals surface area contributed by atoms with Gasteiger partial charge >= 0.3 is 6.09 Å². The van der Waals surface area contributed by atoms with Gasteiger partial charge in [0, 0.05) is 36.3 Å². The summed E-state index contributed by atoms with van der Waals surface area (Å²) in [6.45, 7) is 6.36. The summed E-state index contributed by atoms with van der Waals surface area (Å²) < 4.78 is 13.4. The molecule has 4 aromatic heterocycles. The smallest absolute Gasteiger partial charge is 0.408 e. The van der Waals surface area contributed by atoms with Crippen LogP contribution in [0.5, 0.6) is 5.75 Å². The van der Waals surface area contributed by atoms with Crippen molar-refractivity contribution in [2.24, 2.45) is 0 Å². The van der Waals surface area contributed by atoms with Crippen LogP contribution < -0.4 is 15.4 Å². The molecule has 3 N–H and O–H groups in total. The number of ether oxygens (including phenoxy) is 2. The van der Waals surface area contributed by atoms with Crippen molar-refractivity contribution in [1.29, 1.82) is 0 Å². The number of amides is 2. The molecule has 4 aromatic rings. The normalized spacial score (nSPS) is 18.4. The topological polar surface area (TPSA) is 143 Å². The van der Waals surface area contributed by atoms with Crippen LogP contribution in [0, 0.1) is 6.92 Å². The zero-order valence-electron chi connectivity index (χ0n) is 24.4. The Balaban J connectivity index is 1.18. The summed E-state index contributed by atoms with van der Waals surface area (Å²) in [4.78, 5) is 36.2. The van der Waals surface area contributed by atoms with Crippen LogP contribution in [-0.4, -0.2) is 79.0 Å². The fraction of sp³-hybridized carbons (Fsp3) is 0.387. The number of fused-ring (bicyclic) bond motifs is 3. The fourth-order valence-corrected chi connectivity index (χ4v) is 5.49. The third-order valence-corrected chi connectivity index (χ3v) is 7.63. The molecule has 43 heavy (non-hydrogen) atoms. The predicted molar refractivity (Wildman–Crippen MR) is 159 cm³/mol. The molecule has 2 saturated heterocycles. The van der Waals surface area contributed by atoms with E-state index in [9.17, 15) is 14.7 Å². The van der Waals surface area contributed by atoms with Crippen molar-refractivity contribution >= 4 is 29.2 Å². The molecular formula is C31H35N7O5. The third kappa shape index (κ3) is 6.45. The Labute approximate surface area is 249 Å². The summed E-state index contributed by atoms with van der Waals surface area (Å²) in [6, 6.07) is 11.1. The van der Waals surface area contributed by atoms with Crippen LogP contribution in [0.1, 0.15) is 49.2 Å². The highest BCUT2D eigenvalue weighted by Gasteiger charge is 2.39. The van der Waals surface area contributed by atoms with Crippen LogP contribution in [0.25, 0.3) is 16.6 Å². The predicted octanol–water partition coefficient (Wildman–Crippen LogP) is 4.10. The number of hydrogen-bond donors (Lipinski definition) is 3. The third-order valence-electron chi connectivity index (χ3n) is 7.63. The summed E-state index contributed by atoms with van der Waals surface area (Å²) in [5, 5.41) is 20.3. The van der Waals surface area contributed by atoms with Crippen molar-refractivity contribution < 1.29 is 24.2 Å². The van der Waals surface area contributed by atoms with Gasteiger partial charge in [0.2, 0.25) is 0 Å². The highest BCUT2D eigenvalue weighted by molar-refractivity contribution is 5.94. The second-order valence-electron chi connectivity index (χ2n) is 11.7. The van der Waals surface area contributed by atoms with Gasteiger partial charge in [-0.2, -0.15) is 5.10 Å². The monoisotopic (exact) mass is 585 g/mol. The van der Waals surface area contributed by atoms with E-state index in [-0.39, 0.29) is 30.6 Å². The minimum atomic E-state index is -1.00. The molecule has 0 spiro atoms. The average molecular weight is 586 g/mol. The molecule has 0 aromatic carbocycles. The SMILES string of the molecule is Cc1cc(-c2ccn3nc(Nc4ccc(C(=O)NCC(C)(C)O)cn4)cc3c2)c(OC(=O)N2C3CCCC2COC3)cn1. The first-order valence-corrected chi connectivity index (χ1v) is 14.4. The molecule has 2 amide bonds. The van der Waals surface area contributed by atoms with Gasteiger partial charge in [-0.05, 0) is 75.9 Å². The molecule has 12 heteroatoms. The minimum absolute atomic E-state index is 0.0393. The lowest BCUT2D eigenvalue weighted by atomic mass is 9.95. The van der Waals surface area contributed by atoms with Gasteiger partial charge in [-0.15, -0.1) is 0 Å². The number of carbonyl (C=O) groups excluding carboxylic acids is 2. The van der Waals surface area contributed by atoms with Gasteiger partial charge in [0.1, 0.15) is 5.82 Å². The number of morpholine rings is 1. The lowest BCUT2D eigenvalue weighted by Crippen LogP contribution is -2.58. The Bertz CT molecular complexity index is 1620. The number of aromatic nitrogens is 4. The van der Waals surface area contributed by atoms with E-state index in [1.165, 1.54) is 6.20 Å². The Hall–Kier alpha value is -4.55. The average Bonchev–Trinajstić information content (AvgIpc) is 3.38. The number of nitrogens with zero attached hydrogens (tertiary/aromatic N) is 5. The Morgan fingerprint density at radius 1 is 1.07 bits per heavy atom. The lowest BCUT2D eigenvalue weighted by Gasteiger charge is -2.44. The Morgan fingerprint density at radius 3 is 2.58 bits per heavy atom. The number of hydrogen-bond acceptors (Lipinski definition) is 9. The van der Waals surface area contributed by atoms with Crippen LogP contribution >= 0.6 is 0 Å². The first kappa shape index (κ1) is 28.6. The van der Waals surface area contributed by atoms with Crippen molar-refractivity contribution in [1.82, 2.24) is 29.8 Å². The van der Waals surface area contributed by atoms with Gasteiger partial charge in [0.25, 0.3) is 5.91 Å². The van der Waals surface area contributed by atoms with Crippen LogP contribution in [0.4, 0.5) is 16.4 Å². The summed E-state index contributed by atoms with van der Waals surface area (Å²) in [6.07, 6.45) is 7.46. The first-order chi connectivity index (χ1) is 20.6. The van der Waals surface area contributed by atoms with Gasteiger partial charge < -0.3 is 25.2 Å². The number of rotatable bonds is 7. The van der Waals surface area contributed by atoms with Crippen molar-refractivity contribution in [2.45, 2.75) is 57.7 Å². The molecule has 6 heterocycles. The summed E-state index contributed by atoms with van der Waals surface area (Å²) in [7, 11) is 0. The fourth-order valence-electron chi connectivity index (χ4n) is 5.49. The maximum Gasteiger partial charge on any atom is 0.415 e. The summed E-state index contributed by atoms with van der Waals surface area (Å²) in [5.74, 6) is 1.18. The van der Waals surface area contributed by atoms with Crippen LogP contribution in [0.15, 0.2) is 55.0 Å². The minimum Gasteiger partial charge on any atom is -0.408 e. The van der Waals surface area contributed by atoms with Gasteiger partial charge in [-0.3, -0.25) is 14.7 Å². The number of aryl methyl sites for hydroxylation is 1. The molecule has 2 bridgehead atoms. The maximum absolute atomic E-state index is 13.3. The lowest BCUT2D eigenvalue weighted by molar-refractivity contribution is -0.0576. The van der Waals surface area contributed by atoms with E-state index in [1.54, 1.807) is 36.7 Å². The number of anilines is 2. The zero-order chi connectivity index (χ0) is 30.1. The first-order valence-electron chi connectivity index (χ1n) is 14.4. The highest BCUT2D eigenvalue weighted by Crippen LogP contribution is 2.34. The van der Waals surface area contributed by atoms with Crippen molar-refractivity contribution in [3.05, 3.63) is 66.2 Å². The van der Waals surface area contributed by atoms with E-state index >= 15 is 0 Å². The second kappa shape index (κ2) is 11.6. The van der Waals surface area contributed by atoms with Crippen molar-refractivity contribution in [2.75, 3.05) is 25.1 Å². The number of piperidine rings is 1. The molecule has 2 fully saturated rings. The molecule has 2 aliphatic rings. The summed E-state index contributed by atoms with van der Waals surface area (Å²) >= 11 is 0. The van der Waals surface area contributed by atoms with Crippen LogP contribution in [0.2, 0.25) is 0 Å². The van der Waals surface area contributed by atoms with E-state index in [0.717, 1.165) is 41.6 Å². The number of pyridine rings is 3. The summed E-state index contributed by atoms with van der Waals surface area (Å²) in [5.41, 5.74) is 2.62. The van der Waals surface area contributed by atoms with Gasteiger partial charge in [-0.25, -0.2) is 14.3 Å². The molecule has 0 aliphatic carbocycles. The molecule has 2 atom stereocenters. The highest BCUT2D eigenvalue weighted by atomic mass is 16.6. The van der Waals surface area contributed by atoms with E-state index in [2.05, 4.69) is 25.7 Å². The number of aliphatic hydroxyl groups is 1.